The van der Waals surface area contributed by atoms with Crippen LogP contribution >= 0.6 is 0 Å². The molecule has 90 valence electrons. The molecule has 0 aromatic rings. The Bertz CT molecular complexity index is 171. The molecule has 3 atom stereocenters. The van der Waals surface area contributed by atoms with Crippen molar-refractivity contribution < 1.29 is 4.74 Å². The molecule has 0 aromatic heterocycles. The van der Waals surface area contributed by atoms with E-state index >= 15 is 0 Å². The Morgan fingerprint density at radius 2 is 2.13 bits per heavy atom. The van der Waals surface area contributed by atoms with E-state index in [4.69, 9.17) is 10.5 Å². The fourth-order valence-corrected chi connectivity index (χ4v) is 2.53. The van der Waals surface area contributed by atoms with E-state index in [2.05, 4.69) is 18.7 Å². The quantitative estimate of drug-likeness (QED) is 0.755. The Morgan fingerprint density at radius 1 is 1.40 bits per heavy atom. The molecule has 15 heavy (non-hydrogen) atoms. The van der Waals surface area contributed by atoms with E-state index < -0.39 is 0 Å². The fourth-order valence-electron chi connectivity index (χ4n) is 2.53. The van der Waals surface area contributed by atoms with Gasteiger partial charge in [-0.15, -0.1) is 0 Å². The topological polar surface area (TPSA) is 38.5 Å². The molecule has 1 fully saturated rings. The summed E-state index contributed by atoms with van der Waals surface area (Å²) in [5, 5.41) is 0. The Balaban J connectivity index is 2.54. The van der Waals surface area contributed by atoms with Crippen LogP contribution in [0.25, 0.3) is 0 Å². The molecule has 0 amide bonds. The zero-order valence-electron chi connectivity index (χ0n) is 10.4. The van der Waals surface area contributed by atoms with Crippen LogP contribution in [0.5, 0.6) is 0 Å². The third-order valence-corrected chi connectivity index (χ3v) is 3.75. The number of piperidine rings is 1. The SMILES string of the molecule is COC(C)C(C)N1CCCCC1CCN. The van der Waals surface area contributed by atoms with E-state index in [0.29, 0.717) is 18.2 Å². The minimum atomic E-state index is 0.309. The maximum atomic E-state index is 5.67. The van der Waals surface area contributed by atoms with Crippen LogP contribution in [0.3, 0.4) is 0 Å². The standard InChI is InChI=1S/C12H26N2O/c1-10(11(2)15-3)14-9-5-4-6-12(14)7-8-13/h10-12H,4-9,13H2,1-3H3. The Morgan fingerprint density at radius 3 is 2.73 bits per heavy atom. The van der Waals surface area contributed by atoms with Gasteiger partial charge in [0.1, 0.15) is 0 Å². The highest BCUT2D eigenvalue weighted by Gasteiger charge is 2.28. The van der Waals surface area contributed by atoms with Gasteiger partial charge in [-0.1, -0.05) is 6.42 Å². The van der Waals surface area contributed by atoms with Crippen molar-refractivity contribution >= 4 is 0 Å². The highest BCUT2D eigenvalue weighted by molar-refractivity contribution is 4.83. The lowest BCUT2D eigenvalue weighted by molar-refractivity contribution is -0.000472. The van der Waals surface area contributed by atoms with Gasteiger partial charge in [-0.05, 0) is 46.2 Å². The average Bonchev–Trinajstić information content (AvgIpc) is 2.28. The van der Waals surface area contributed by atoms with Gasteiger partial charge < -0.3 is 10.5 Å². The molecular formula is C12H26N2O. The van der Waals surface area contributed by atoms with Crippen LogP contribution in [0.15, 0.2) is 0 Å². The van der Waals surface area contributed by atoms with Crippen LogP contribution in [0.4, 0.5) is 0 Å². The van der Waals surface area contributed by atoms with Crippen LogP contribution in [0.1, 0.15) is 39.5 Å². The van der Waals surface area contributed by atoms with Crippen molar-refractivity contribution in [3.63, 3.8) is 0 Å². The fraction of sp³-hybridized carbons (Fsp3) is 1.00. The molecule has 1 saturated heterocycles. The summed E-state index contributed by atoms with van der Waals surface area (Å²) in [6.45, 7) is 6.43. The first kappa shape index (κ1) is 12.9. The first-order chi connectivity index (χ1) is 7.20. The zero-order chi connectivity index (χ0) is 11.3. The molecule has 0 saturated carbocycles. The third kappa shape index (κ3) is 3.44. The van der Waals surface area contributed by atoms with E-state index in [9.17, 15) is 0 Å². The summed E-state index contributed by atoms with van der Waals surface area (Å²) in [5.41, 5.74) is 5.67. The minimum Gasteiger partial charge on any atom is -0.380 e. The molecule has 0 radical (unpaired) electrons. The summed E-state index contributed by atoms with van der Waals surface area (Å²) in [6, 6.07) is 1.18. The molecule has 1 heterocycles. The van der Waals surface area contributed by atoms with E-state index in [1.807, 2.05) is 0 Å². The number of likely N-dealkylation sites (tertiary alicyclic amines) is 1. The molecule has 1 aliphatic rings. The van der Waals surface area contributed by atoms with E-state index in [1.165, 1.54) is 25.8 Å². The van der Waals surface area contributed by atoms with Gasteiger partial charge in [0, 0.05) is 19.2 Å². The van der Waals surface area contributed by atoms with Crippen LogP contribution in [-0.4, -0.2) is 43.3 Å². The molecule has 1 aliphatic heterocycles. The molecule has 0 spiro atoms. The number of nitrogens with zero attached hydrogens (tertiary/aromatic N) is 1. The van der Waals surface area contributed by atoms with E-state index in [0.717, 1.165) is 13.0 Å². The van der Waals surface area contributed by atoms with Crippen molar-refractivity contribution in [1.82, 2.24) is 4.90 Å². The van der Waals surface area contributed by atoms with Crippen molar-refractivity contribution in [2.75, 3.05) is 20.2 Å². The molecule has 2 N–H and O–H groups in total. The van der Waals surface area contributed by atoms with Gasteiger partial charge in [-0.25, -0.2) is 0 Å². The first-order valence-corrected chi connectivity index (χ1v) is 6.19. The lowest BCUT2D eigenvalue weighted by atomic mass is 9.96. The summed E-state index contributed by atoms with van der Waals surface area (Å²) in [5.74, 6) is 0. The molecule has 3 nitrogen and oxygen atoms in total. The molecule has 0 aliphatic carbocycles. The van der Waals surface area contributed by atoms with E-state index in [-0.39, 0.29) is 0 Å². The van der Waals surface area contributed by atoms with Crippen molar-refractivity contribution in [3.05, 3.63) is 0 Å². The summed E-state index contributed by atoms with van der Waals surface area (Å²) >= 11 is 0. The number of hydrogen-bond acceptors (Lipinski definition) is 3. The van der Waals surface area contributed by atoms with Crippen LogP contribution in [-0.2, 0) is 4.74 Å². The zero-order valence-corrected chi connectivity index (χ0v) is 10.4. The van der Waals surface area contributed by atoms with Crippen molar-refractivity contribution in [1.29, 1.82) is 0 Å². The Labute approximate surface area is 94.0 Å². The van der Waals surface area contributed by atoms with Crippen LogP contribution in [0.2, 0.25) is 0 Å². The normalized spacial score (nSPS) is 27.6. The van der Waals surface area contributed by atoms with Gasteiger partial charge >= 0.3 is 0 Å². The first-order valence-electron chi connectivity index (χ1n) is 6.19. The second kappa shape index (κ2) is 6.46. The number of rotatable bonds is 5. The predicted octanol–water partition coefficient (Wildman–Crippen LogP) is 1.61. The Kier molecular flexibility index (Phi) is 5.58. The molecule has 0 aromatic carbocycles. The van der Waals surface area contributed by atoms with Crippen molar-refractivity contribution in [2.45, 2.75) is 57.7 Å². The van der Waals surface area contributed by atoms with Crippen molar-refractivity contribution in [3.8, 4) is 0 Å². The summed E-state index contributed by atoms with van der Waals surface area (Å²) in [6.07, 6.45) is 5.42. The second-order valence-corrected chi connectivity index (χ2v) is 4.65. The highest BCUT2D eigenvalue weighted by Crippen LogP contribution is 2.23. The summed E-state index contributed by atoms with van der Waals surface area (Å²) < 4.78 is 5.42. The minimum absolute atomic E-state index is 0.309. The highest BCUT2D eigenvalue weighted by atomic mass is 16.5. The van der Waals surface area contributed by atoms with Gasteiger partial charge in [-0.2, -0.15) is 0 Å². The van der Waals surface area contributed by atoms with Crippen LogP contribution in [0, 0.1) is 0 Å². The van der Waals surface area contributed by atoms with Gasteiger partial charge in [0.25, 0.3) is 0 Å². The molecule has 0 bridgehead atoms. The molecule has 1 rings (SSSR count). The molecule has 3 unspecified atom stereocenters. The monoisotopic (exact) mass is 214 g/mol. The number of methoxy groups -OCH3 is 1. The van der Waals surface area contributed by atoms with Gasteiger partial charge in [0.15, 0.2) is 0 Å². The Hall–Kier alpha value is -0.120. The van der Waals surface area contributed by atoms with Gasteiger partial charge in [-0.3, -0.25) is 4.90 Å². The number of ether oxygens (including phenoxy) is 1. The van der Waals surface area contributed by atoms with Crippen molar-refractivity contribution in [2.24, 2.45) is 5.73 Å². The largest absolute Gasteiger partial charge is 0.380 e. The number of nitrogens with two attached hydrogens (primary N) is 1. The lowest BCUT2D eigenvalue weighted by Crippen LogP contribution is -2.50. The predicted molar refractivity (Wildman–Crippen MR) is 63.9 cm³/mol. The molecule has 3 heteroatoms. The van der Waals surface area contributed by atoms with Crippen LogP contribution < -0.4 is 5.73 Å². The maximum Gasteiger partial charge on any atom is 0.0695 e. The summed E-state index contributed by atoms with van der Waals surface area (Å²) in [4.78, 5) is 2.59. The molecular weight excluding hydrogens is 188 g/mol. The maximum absolute atomic E-state index is 5.67. The number of hydrogen-bond donors (Lipinski definition) is 1. The lowest BCUT2D eigenvalue weighted by Gasteiger charge is -2.41. The van der Waals surface area contributed by atoms with E-state index in [1.54, 1.807) is 7.11 Å². The summed E-state index contributed by atoms with van der Waals surface area (Å²) in [7, 11) is 1.79. The van der Waals surface area contributed by atoms with Gasteiger partial charge in [0.05, 0.1) is 6.10 Å². The second-order valence-electron chi connectivity index (χ2n) is 4.65. The van der Waals surface area contributed by atoms with Gasteiger partial charge in [0.2, 0.25) is 0 Å². The smallest absolute Gasteiger partial charge is 0.0695 e. The third-order valence-electron chi connectivity index (χ3n) is 3.75. The average molecular weight is 214 g/mol.